The Hall–Kier alpha value is -2.25. The molecule has 0 atom stereocenters. The number of pyridine rings is 1. The van der Waals surface area contributed by atoms with Gasteiger partial charge in [0.1, 0.15) is 0 Å². The van der Waals surface area contributed by atoms with E-state index in [9.17, 15) is 9.59 Å². The molecule has 7 heteroatoms. The van der Waals surface area contributed by atoms with Gasteiger partial charge in [-0.2, -0.15) is 0 Å². The maximum Gasteiger partial charge on any atom is 0.255 e. The van der Waals surface area contributed by atoms with Crippen LogP contribution in [-0.2, 0) is 9.47 Å². The summed E-state index contributed by atoms with van der Waals surface area (Å²) >= 11 is 0. The first kappa shape index (κ1) is 15.3. The molecule has 0 radical (unpaired) electrons. The Morgan fingerprint density at radius 3 is 2.58 bits per heavy atom. The lowest BCUT2D eigenvalue weighted by Crippen LogP contribution is -2.47. The number of nitrogens with zero attached hydrogens (tertiary/aromatic N) is 2. The summed E-state index contributed by atoms with van der Waals surface area (Å²) in [6.07, 6.45) is 2.94. The number of ether oxygens (including phenoxy) is 2. The summed E-state index contributed by atoms with van der Waals surface area (Å²) < 4.78 is 11.4. The van der Waals surface area contributed by atoms with Crippen molar-refractivity contribution >= 4 is 22.7 Å². The molecule has 2 aliphatic rings. The third-order valence-corrected chi connectivity index (χ3v) is 4.72. The Kier molecular flexibility index (Phi) is 3.62. The number of ketones is 1. The molecule has 0 unspecified atom stereocenters. The van der Waals surface area contributed by atoms with E-state index in [4.69, 9.17) is 9.47 Å². The van der Waals surface area contributed by atoms with Gasteiger partial charge in [0.15, 0.2) is 11.6 Å². The lowest BCUT2D eigenvalue weighted by Gasteiger charge is -2.37. The molecule has 24 heavy (non-hydrogen) atoms. The third kappa shape index (κ3) is 2.59. The van der Waals surface area contributed by atoms with Gasteiger partial charge in [0.25, 0.3) is 5.91 Å². The fourth-order valence-corrected chi connectivity index (χ4v) is 3.33. The standard InChI is InChI=1S/C17H19N3O4/c1-11(21)13-9-14-15(19-13)8-12(10-18-14)16(22)20-4-2-17(3-5-20)23-6-7-24-17/h8-10,19H,2-7H2,1H3. The first-order valence-electron chi connectivity index (χ1n) is 8.13. The summed E-state index contributed by atoms with van der Waals surface area (Å²) in [5.74, 6) is -0.607. The van der Waals surface area contributed by atoms with Crippen LogP contribution in [0.15, 0.2) is 18.3 Å². The summed E-state index contributed by atoms with van der Waals surface area (Å²) in [5, 5.41) is 0. The second-order valence-corrected chi connectivity index (χ2v) is 6.30. The maximum atomic E-state index is 12.7. The fourth-order valence-electron chi connectivity index (χ4n) is 3.33. The van der Waals surface area contributed by atoms with Gasteiger partial charge in [0.05, 0.1) is 35.5 Å². The smallest absolute Gasteiger partial charge is 0.255 e. The largest absolute Gasteiger partial charge is 0.351 e. The normalized spacial score (nSPS) is 20.0. The van der Waals surface area contributed by atoms with Crippen molar-refractivity contribution in [2.75, 3.05) is 26.3 Å². The monoisotopic (exact) mass is 329 g/mol. The number of aromatic nitrogens is 2. The molecule has 2 aromatic heterocycles. The molecule has 1 spiro atoms. The highest BCUT2D eigenvalue weighted by Gasteiger charge is 2.40. The highest BCUT2D eigenvalue weighted by Crippen LogP contribution is 2.31. The zero-order valence-corrected chi connectivity index (χ0v) is 13.5. The summed E-state index contributed by atoms with van der Waals surface area (Å²) in [4.78, 5) is 33.3. The molecule has 2 fully saturated rings. The van der Waals surface area contributed by atoms with E-state index in [0.717, 1.165) is 0 Å². The number of hydrogen-bond donors (Lipinski definition) is 1. The highest BCUT2D eigenvalue weighted by molar-refractivity contribution is 6.00. The first-order valence-corrected chi connectivity index (χ1v) is 8.13. The maximum absolute atomic E-state index is 12.7. The molecule has 1 amide bonds. The molecule has 7 nitrogen and oxygen atoms in total. The van der Waals surface area contributed by atoms with E-state index >= 15 is 0 Å². The molecule has 4 rings (SSSR count). The molecule has 0 bridgehead atoms. The molecule has 0 saturated carbocycles. The van der Waals surface area contributed by atoms with Crippen LogP contribution in [0.2, 0.25) is 0 Å². The number of H-pyrrole nitrogens is 1. The number of carbonyl (C=O) groups is 2. The van der Waals surface area contributed by atoms with Gasteiger partial charge in [-0.3, -0.25) is 14.6 Å². The predicted molar refractivity (Wildman–Crippen MR) is 85.9 cm³/mol. The van der Waals surface area contributed by atoms with Crippen molar-refractivity contribution in [2.45, 2.75) is 25.6 Å². The summed E-state index contributed by atoms with van der Waals surface area (Å²) in [5.41, 5.74) is 2.39. The van der Waals surface area contributed by atoms with Crippen LogP contribution in [0.1, 0.15) is 40.6 Å². The van der Waals surface area contributed by atoms with E-state index in [1.807, 2.05) is 0 Å². The van der Waals surface area contributed by atoms with Crippen molar-refractivity contribution in [3.05, 3.63) is 29.6 Å². The van der Waals surface area contributed by atoms with Gasteiger partial charge in [-0.1, -0.05) is 0 Å². The zero-order valence-electron chi connectivity index (χ0n) is 13.5. The second-order valence-electron chi connectivity index (χ2n) is 6.30. The number of nitrogens with one attached hydrogen (secondary N) is 1. The molecule has 1 N–H and O–H groups in total. The number of likely N-dealkylation sites (tertiary alicyclic amines) is 1. The average molecular weight is 329 g/mol. The van der Waals surface area contributed by atoms with Crippen LogP contribution in [0.5, 0.6) is 0 Å². The fraction of sp³-hybridized carbons (Fsp3) is 0.471. The van der Waals surface area contributed by atoms with Crippen molar-refractivity contribution in [2.24, 2.45) is 0 Å². The Morgan fingerprint density at radius 2 is 1.92 bits per heavy atom. The van der Waals surface area contributed by atoms with E-state index in [1.54, 1.807) is 23.2 Å². The molecule has 126 valence electrons. The van der Waals surface area contributed by atoms with Crippen LogP contribution >= 0.6 is 0 Å². The van der Waals surface area contributed by atoms with E-state index in [0.29, 0.717) is 61.4 Å². The van der Waals surface area contributed by atoms with E-state index in [-0.39, 0.29) is 11.7 Å². The average Bonchev–Trinajstić information content (AvgIpc) is 3.21. The summed E-state index contributed by atoms with van der Waals surface area (Å²) in [6.45, 7) is 3.94. The number of rotatable bonds is 2. The zero-order chi connectivity index (χ0) is 16.7. The minimum atomic E-state index is -0.491. The van der Waals surface area contributed by atoms with Gasteiger partial charge in [0.2, 0.25) is 0 Å². The number of hydrogen-bond acceptors (Lipinski definition) is 5. The number of aromatic amines is 1. The molecular formula is C17H19N3O4. The second kappa shape index (κ2) is 5.68. The van der Waals surface area contributed by atoms with Crippen molar-refractivity contribution in [3.8, 4) is 0 Å². The van der Waals surface area contributed by atoms with Crippen molar-refractivity contribution < 1.29 is 19.1 Å². The van der Waals surface area contributed by atoms with Crippen LogP contribution in [0.4, 0.5) is 0 Å². The number of Topliss-reactive ketones (excluding diaryl/α,β-unsaturated/α-hetero) is 1. The lowest BCUT2D eigenvalue weighted by atomic mass is 10.0. The van der Waals surface area contributed by atoms with Gasteiger partial charge >= 0.3 is 0 Å². The van der Waals surface area contributed by atoms with Crippen molar-refractivity contribution in [3.63, 3.8) is 0 Å². The Labute approximate surface area is 138 Å². The minimum absolute atomic E-state index is 0.0567. The summed E-state index contributed by atoms with van der Waals surface area (Å²) in [7, 11) is 0. The minimum Gasteiger partial charge on any atom is -0.351 e. The molecule has 2 saturated heterocycles. The van der Waals surface area contributed by atoms with E-state index < -0.39 is 5.79 Å². The third-order valence-electron chi connectivity index (χ3n) is 4.72. The Morgan fingerprint density at radius 1 is 1.21 bits per heavy atom. The van der Waals surface area contributed by atoms with E-state index in [2.05, 4.69) is 9.97 Å². The molecule has 2 aliphatic heterocycles. The summed E-state index contributed by atoms with van der Waals surface area (Å²) in [6, 6.07) is 3.45. The Balaban J connectivity index is 1.52. The van der Waals surface area contributed by atoms with Gasteiger partial charge < -0.3 is 19.4 Å². The molecule has 4 heterocycles. The van der Waals surface area contributed by atoms with Crippen LogP contribution in [-0.4, -0.2) is 58.6 Å². The predicted octanol–water partition coefficient (Wildman–Crippen LogP) is 1.74. The van der Waals surface area contributed by atoms with Crippen LogP contribution in [0.3, 0.4) is 0 Å². The topological polar surface area (TPSA) is 84.5 Å². The van der Waals surface area contributed by atoms with Crippen LogP contribution in [0.25, 0.3) is 11.0 Å². The number of carbonyl (C=O) groups excluding carboxylic acids is 2. The van der Waals surface area contributed by atoms with Crippen LogP contribution < -0.4 is 0 Å². The van der Waals surface area contributed by atoms with Crippen LogP contribution in [0, 0.1) is 0 Å². The lowest BCUT2D eigenvalue weighted by molar-refractivity contribution is -0.181. The molecule has 0 aliphatic carbocycles. The highest BCUT2D eigenvalue weighted by atomic mass is 16.7. The van der Waals surface area contributed by atoms with Gasteiger partial charge in [0, 0.05) is 39.1 Å². The van der Waals surface area contributed by atoms with Gasteiger partial charge in [-0.05, 0) is 12.1 Å². The van der Waals surface area contributed by atoms with Gasteiger partial charge in [-0.15, -0.1) is 0 Å². The number of fused-ring (bicyclic) bond motifs is 1. The van der Waals surface area contributed by atoms with Crippen molar-refractivity contribution in [1.82, 2.24) is 14.9 Å². The van der Waals surface area contributed by atoms with Gasteiger partial charge in [-0.25, -0.2) is 0 Å². The SMILES string of the molecule is CC(=O)c1cc2ncc(C(=O)N3CCC4(CC3)OCCO4)cc2[nH]1. The first-order chi connectivity index (χ1) is 11.6. The van der Waals surface area contributed by atoms with Crippen molar-refractivity contribution in [1.29, 1.82) is 0 Å². The Bertz CT molecular complexity index is 797. The quantitative estimate of drug-likeness (QED) is 0.849. The van der Waals surface area contributed by atoms with E-state index in [1.165, 1.54) is 6.92 Å². The molecule has 0 aromatic carbocycles. The molecular weight excluding hydrogens is 310 g/mol. The molecule has 2 aromatic rings. The number of amides is 1. The number of piperidine rings is 1.